The van der Waals surface area contributed by atoms with Gasteiger partial charge in [0.1, 0.15) is 0 Å². The van der Waals surface area contributed by atoms with Gasteiger partial charge in [-0.3, -0.25) is 9.59 Å². The first-order valence-electron chi connectivity index (χ1n) is 5.71. The summed E-state index contributed by atoms with van der Waals surface area (Å²) >= 11 is 0. The van der Waals surface area contributed by atoms with Crippen LogP contribution in [0.4, 0.5) is 18.9 Å². The second kappa shape index (κ2) is 6.90. The van der Waals surface area contributed by atoms with E-state index in [0.717, 1.165) is 0 Å². The number of hydrogen-bond donors (Lipinski definition) is 3. The summed E-state index contributed by atoms with van der Waals surface area (Å²) in [7, 11) is 1.49. The largest absolute Gasteiger partial charge is 0.401 e. The second-order valence-corrected chi connectivity index (χ2v) is 3.92. The smallest absolute Gasteiger partial charge is 0.355 e. The molecule has 0 aliphatic heterocycles. The highest BCUT2D eigenvalue weighted by atomic mass is 19.4. The third-order valence-corrected chi connectivity index (χ3v) is 2.27. The highest BCUT2D eigenvalue weighted by molar-refractivity contribution is 5.96. The lowest BCUT2D eigenvalue weighted by atomic mass is 10.2. The molecule has 0 saturated heterocycles. The monoisotopic (exact) mass is 289 g/mol. The van der Waals surface area contributed by atoms with Crippen molar-refractivity contribution in [1.29, 1.82) is 0 Å². The number of amides is 2. The maximum absolute atomic E-state index is 11.9. The fourth-order valence-electron chi connectivity index (χ4n) is 1.37. The van der Waals surface area contributed by atoms with Crippen LogP contribution in [0.3, 0.4) is 0 Å². The number of anilines is 1. The molecule has 0 spiro atoms. The summed E-state index contributed by atoms with van der Waals surface area (Å²) in [5, 5.41) is 6.84. The Kier molecular flexibility index (Phi) is 5.51. The first kappa shape index (κ1) is 16.0. The summed E-state index contributed by atoms with van der Waals surface area (Å²) in [6.45, 7) is -1.67. The molecule has 1 aromatic rings. The minimum Gasteiger partial charge on any atom is -0.355 e. The van der Waals surface area contributed by atoms with Gasteiger partial charge in [-0.25, -0.2) is 0 Å². The third-order valence-electron chi connectivity index (χ3n) is 2.27. The van der Waals surface area contributed by atoms with E-state index in [2.05, 4.69) is 10.6 Å². The van der Waals surface area contributed by atoms with Crippen molar-refractivity contribution in [2.75, 3.05) is 25.5 Å². The van der Waals surface area contributed by atoms with Gasteiger partial charge in [-0.05, 0) is 24.3 Å². The number of nitrogens with one attached hydrogen (secondary N) is 3. The van der Waals surface area contributed by atoms with Gasteiger partial charge in [-0.1, -0.05) is 0 Å². The molecule has 1 rings (SSSR count). The van der Waals surface area contributed by atoms with Crippen molar-refractivity contribution in [3.8, 4) is 0 Å². The van der Waals surface area contributed by atoms with Crippen molar-refractivity contribution in [2.24, 2.45) is 0 Å². The normalized spacial score (nSPS) is 11.0. The van der Waals surface area contributed by atoms with Gasteiger partial charge in [0.15, 0.2) is 0 Å². The Balaban J connectivity index is 2.44. The van der Waals surface area contributed by atoms with Crippen molar-refractivity contribution in [3.05, 3.63) is 29.8 Å². The average Bonchev–Trinajstić information content (AvgIpc) is 2.37. The second-order valence-electron chi connectivity index (χ2n) is 3.92. The van der Waals surface area contributed by atoms with E-state index in [0.29, 0.717) is 11.3 Å². The van der Waals surface area contributed by atoms with Crippen LogP contribution in [-0.2, 0) is 4.79 Å². The summed E-state index contributed by atoms with van der Waals surface area (Å²) in [6, 6.07) is 5.98. The lowest BCUT2D eigenvalue weighted by Gasteiger charge is -2.09. The molecular formula is C12H14F3N3O2. The van der Waals surface area contributed by atoms with Gasteiger partial charge < -0.3 is 16.0 Å². The fraction of sp³-hybridized carbons (Fsp3) is 0.333. The maximum Gasteiger partial charge on any atom is 0.401 e. The predicted molar refractivity (Wildman–Crippen MR) is 67.4 cm³/mol. The lowest BCUT2D eigenvalue weighted by Crippen LogP contribution is -2.35. The van der Waals surface area contributed by atoms with Crippen molar-refractivity contribution >= 4 is 17.5 Å². The molecule has 0 aliphatic carbocycles. The highest BCUT2D eigenvalue weighted by Gasteiger charge is 2.26. The molecule has 8 heteroatoms. The Labute approximate surface area is 113 Å². The molecule has 0 bridgehead atoms. The Hall–Kier alpha value is -2.09. The first-order chi connectivity index (χ1) is 9.31. The molecule has 0 radical (unpaired) electrons. The lowest BCUT2D eigenvalue weighted by molar-refractivity contribution is -0.126. The number of carbonyl (C=O) groups is 2. The highest BCUT2D eigenvalue weighted by Crippen LogP contribution is 2.12. The van der Waals surface area contributed by atoms with Crippen LogP contribution in [0, 0.1) is 0 Å². The van der Waals surface area contributed by atoms with Gasteiger partial charge in [-0.15, -0.1) is 0 Å². The number of hydrogen-bond acceptors (Lipinski definition) is 3. The first-order valence-corrected chi connectivity index (χ1v) is 5.71. The third kappa shape index (κ3) is 5.70. The van der Waals surface area contributed by atoms with Crippen molar-refractivity contribution < 1.29 is 22.8 Å². The Morgan fingerprint density at radius 1 is 1.15 bits per heavy atom. The van der Waals surface area contributed by atoms with E-state index in [4.69, 9.17) is 0 Å². The van der Waals surface area contributed by atoms with Gasteiger partial charge in [0.05, 0.1) is 13.1 Å². The molecular weight excluding hydrogens is 275 g/mol. The van der Waals surface area contributed by atoms with Crippen LogP contribution in [-0.4, -0.2) is 38.1 Å². The van der Waals surface area contributed by atoms with E-state index in [9.17, 15) is 22.8 Å². The van der Waals surface area contributed by atoms with Crippen LogP contribution in [0.1, 0.15) is 10.4 Å². The standard InChI is InChI=1S/C12H14F3N3O2/c1-16-11(20)8-2-4-9(5-3-8)18-10(19)6-17-7-12(13,14)15/h2-5,17H,6-7H2,1H3,(H,16,20)(H,18,19). The van der Waals surface area contributed by atoms with Gasteiger partial charge in [0.25, 0.3) is 5.91 Å². The fourth-order valence-corrected chi connectivity index (χ4v) is 1.37. The minimum atomic E-state index is -4.35. The quantitative estimate of drug-likeness (QED) is 0.761. The van der Waals surface area contributed by atoms with Crippen molar-refractivity contribution in [1.82, 2.24) is 10.6 Å². The number of rotatable bonds is 5. The van der Waals surface area contributed by atoms with Crippen LogP contribution in [0.15, 0.2) is 24.3 Å². The topological polar surface area (TPSA) is 70.2 Å². The molecule has 0 atom stereocenters. The van der Waals surface area contributed by atoms with E-state index in [1.807, 2.05) is 5.32 Å². The summed E-state index contributed by atoms with van der Waals surface area (Å²) in [5.74, 6) is -0.864. The molecule has 0 fully saturated rings. The van der Waals surface area contributed by atoms with E-state index < -0.39 is 25.2 Å². The van der Waals surface area contributed by atoms with Gasteiger partial charge in [-0.2, -0.15) is 13.2 Å². The van der Waals surface area contributed by atoms with Crippen LogP contribution in [0.5, 0.6) is 0 Å². The van der Waals surface area contributed by atoms with E-state index in [1.54, 1.807) is 0 Å². The van der Waals surface area contributed by atoms with Gasteiger partial charge in [0, 0.05) is 18.3 Å². The molecule has 0 saturated carbocycles. The van der Waals surface area contributed by atoms with Crippen molar-refractivity contribution in [2.45, 2.75) is 6.18 Å². The average molecular weight is 289 g/mol. The molecule has 0 heterocycles. The zero-order valence-electron chi connectivity index (χ0n) is 10.7. The number of carbonyl (C=O) groups excluding carboxylic acids is 2. The molecule has 0 aromatic heterocycles. The SMILES string of the molecule is CNC(=O)c1ccc(NC(=O)CNCC(F)(F)F)cc1. The Morgan fingerprint density at radius 2 is 1.75 bits per heavy atom. The molecule has 3 N–H and O–H groups in total. The zero-order valence-corrected chi connectivity index (χ0v) is 10.7. The van der Waals surface area contributed by atoms with Crippen LogP contribution in [0.2, 0.25) is 0 Å². The molecule has 110 valence electrons. The van der Waals surface area contributed by atoms with E-state index in [1.165, 1.54) is 31.3 Å². The van der Waals surface area contributed by atoms with Crippen molar-refractivity contribution in [3.63, 3.8) is 0 Å². The summed E-state index contributed by atoms with van der Waals surface area (Å²) in [6.07, 6.45) is -4.35. The maximum atomic E-state index is 11.9. The molecule has 2 amide bonds. The number of benzene rings is 1. The Bertz CT molecular complexity index is 472. The summed E-state index contributed by atoms with van der Waals surface area (Å²) in [4.78, 5) is 22.6. The van der Waals surface area contributed by atoms with Crippen LogP contribution >= 0.6 is 0 Å². The van der Waals surface area contributed by atoms with Crippen LogP contribution in [0.25, 0.3) is 0 Å². The predicted octanol–water partition coefficient (Wildman–Crippen LogP) is 1.14. The van der Waals surface area contributed by atoms with Gasteiger partial charge in [0.2, 0.25) is 5.91 Å². The Morgan fingerprint density at radius 3 is 2.25 bits per heavy atom. The van der Waals surface area contributed by atoms with E-state index in [-0.39, 0.29) is 5.91 Å². The molecule has 20 heavy (non-hydrogen) atoms. The summed E-state index contributed by atoms with van der Waals surface area (Å²) < 4.78 is 35.6. The molecule has 5 nitrogen and oxygen atoms in total. The molecule has 0 unspecified atom stereocenters. The van der Waals surface area contributed by atoms with E-state index >= 15 is 0 Å². The minimum absolute atomic E-state index is 0.269. The number of halogens is 3. The number of alkyl halides is 3. The van der Waals surface area contributed by atoms with Gasteiger partial charge >= 0.3 is 6.18 Å². The molecule has 1 aromatic carbocycles. The summed E-state index contributed by atoms with van der Waals surface area (Å²) in [5.41, 5.74) is 0.817. The zero-order chi connectivity index (χ0) is 15.2. The van der Waals surface area contributed by atoms with Crippen LogP contribution < -0.4 is 16.0 Å². The molecule has 0 aliphatic rings.